The van der Waals surface area contributed by atoms with Gasteiger partial charge in [0, 0.05) is 18.7 Å². The summed E-state index contributed by atoms with van der Waals surface area (Å²) in [5.74, 6) is 1.87. The van der Waals surface area contributed by atoms with Crippen LogP contribution >= 0.6 is 0 Å². The monoisotopic (exact) mass is 287 g/mol. The summed E-state index contributed by atoms with van der Waals surface area (Å²) in [5.41, 5.74) is 1.11. The van der Waals surface area contributed by atoms with Crippen molar-refractivity contribution in [2.75, 3.05) is 25.0 Å². The number of nitrogens with one attached hydrogen (secondary N) is 1. The van der Waals surface area contributed by atoms with Crippen LogP contribution in [0.25, 0.3) is 0 Å². The SMILES string of the molecule is Cc1ccc(NC(=O)C2CCN(CC3CCC3)CC2)nc1. The first-order valence-electron chi connectivity index (χ1n) is 8.16. The Balaban J connectivity index is 1.44. The number of nitrogens with zero attached hydrogens (tertiary/aromatic N) is 2. The average Bonchev–Trinajstić information content (AvgIpc) is 2.46. The smallest absolute Gasteiger partial charge is 0.228 e. The maximum Gasteiger partial charge on any atom is 0.228 e. The van der Waals surface area contributed by atoms with Crippen molar-refractivity contribution in [1.82, 2.24) is 9.88 Å². The number of amides is 1. The molecule has 1 aromatic heterocycles. The second-order valence-corrected chi connectivity index (χ2v) is 6.58. The summed E-state index contributed by atoms with van der Waals surface area (Å²) in [4.78, 5) is 19.1. The van der Waals surface area contributed by atoms with Crippen molar-refractivity contribution in [3.63, 3.8) is 0 Å². The molecule has 0 aromatic carbocycles. The topological polar surface area (TPSA) is 45.2 Å². The van der Waals surface area contributed by atoms with Gasteiger partial charge in [0.05, 0.1) is 0 Å². The summed E-state index contributed by atoms with van der Waals surface area (Å²) in [5, 5.41) is 2.95. The molecule has 114 valence electrons. The molecule has 0 spiro atoms. The van der Waals surface area contributed by atoms with Gasteiger partial charge >= 0.3 is 0 Å². The van der Waals surface area contributed by atoms with E-state index in [1.807, 2.05) is 19.1 Å². The lowest BCUT2D eigenvalue weighted by atomic mass is 9.84. The van der Waals surface area contributed by atoms with Gasteiger partial charge in [-0.1, -0.05) is 12.5 Å². The Labute approximate surface area is 126 Å². The fourth-order valence-electron chi connectivity index (χ4n) is 3.19. The first-order chi connectivity index (χ1) is 10.2. The quantitative estimate of drug-likeness (QED) is 0.926. The molecule has 1 saturated heterocycles. The van der Waals surface area contributed by atoms with Crippen LogP contribution in [0.4, 0.5) is 5.82 Å². The molecule has 2 aliphatic rings. The Kier molecular flexibility index (Phi) is 4.54. The fraction of sp³-hybridized carbons (Fsp3) is 0.647. The molecule has 1 N–H and O–H groups in total. The Morgan fingerprint density at radius 3 is 2.62 bits per heavy atom. The highest BCUT2D eigenvalue weighted by Crippen LogP contribution is 2.29. The van der Waals surface area contributed by atoms with E-state index in [-0.39, 0.29) is 11.8 Å². The summed E-state index contributed by atoms with van der Waals surface area (Å²) < 4.78 is 0. The number of carbonyl (C=O) groups is 1. The summed E-state index contributed by atoms with van der Waals surface area (Å²) >= 11 is 0. The van der Waals surface area contributed by atoms with E-state index in [2.05, 4.69) is 15.2 Å². The maximum atomic E-state index is 12.3. The van der Waals surface area contributed by atoms with Crippen molar-refractivity contribution < 1.29 is 4.79 Å². The van der Waals surface area contributed by atoms with E-state index in [4.69, 9.17) is 0 Å². The zero-order valence-corrected chi connectivity index (χ0v) is 12.8. The van der Waals surface area contributed by atoms with Gasteiger partial charge in [-0.25, -0.2) is 4.98 Å². The minimum Gasteiger partial charge on any atom is -0.310 e. The van der Waals surface area contributed by atoms with Crippen LogP contribution in [-0.4, -0.2) is 35.4 Å². The Bertz CT molecular complexity index is 473. The van der Waals surface area contributed by atoms with Crippen molar-refractivity contribution in [2.45, 2.75) is 39.0 Å². The molecule has 4 heteroatoms. The van der Waals surface area contributed by atoms with Crippen LogP contribution in [0, 0.1) is 18.8 Å². The normalized spacial score (nSPS) is 21.0. The molecule has 1 aliphatic carbocycles. The van der Waals surface area contributed by atoms with Crippen molar-refractivity contribution in [1.29, 1.82) is 0 Å². The van der Waals surface area contributed by atoms with Crippen LogP contribution in [0.2, 0.25) is 0 Å². The maximum absolute atomic E-state index is 12.3. The number of pyridine rings is 1. The van der Waals surface area contributed by atoms with Crippen LogP contribution in [0.3, 0.4) is 0 Å². The van der Waals surface area contributed by atoms with Gasteiger partial charge in [0.25, 0.3) is 0 Å². The average molecular weight is 287 g/mol. The number of piperidine rings is 1. The molecule has 4 nitrogen and oxygen atoms in total. The van der Waals surface area contributed by atoms with Gasteiger partial charge in [-0.05, 0) is 63.2 Å². The van der Waals surface area contributed by atoms with Crippen molar-refractivity contribution in [3.8, 4) is 0 Å². The highest BCUT2D eigenvalue weighted by Gasteiger charge is 2.27. The molecule has 2 fully saturated rings. The van der Waals surface area contributed by atoms with Crippen LogP contribution in [0.15, 0.2) is 18.3 Å². The summed E-state index contributed by atoms with van der Waals surface area (Å²) in [6, 6.07) is 3.85. The standard InChI is InChI=1S/C17H25N3O/c1-13-5-6-16(18-11-13)19-17(21)15-7-9-20(10-8-15)12-14-3-2-4-14/h5-6,11,14-15H,2-4,7-10,12H2,1H3,(H,18,19,21). The molecular formula is C17H25N3O. The van der Waals surface area contributed by atoms with Gasteiger partial charge in [0.15, 0.2) is 0 Å². The van der Waals surface area contributed by atoms with E-state index in [9.17, 15) is 4.79 Å². The van der Waals surface area contributed by atoms with Gasteiger partial charge in [-0.2, -0.15) is 0 Å². The number of rotatable bonds is 4. The van der Waals surface area contributed by atoms with Crippen LogP contribution < -0.4 is 5.32 Å². The molecule has 0 radical (unpaired) electrons. The molecule has 0 bridgehead atoms. The molecule has 3 rings (SSSR count). The Morgan fingerprint density at radius 1 is 1.29 bits per heavy atom. The number of hydrogen-bond donors (Lipinski definition) is 1. The lowest BCUT2D eigenvalue weighted by Crippen LogP contribution is -2.41. The van der Waals surface area contributed by atoms with E-state index in [1.165, 1.54) is 25.8 Å². The van der Waals surface area contributed by atoms with Crippen LogP contribution in [-0.2, 0) is 4.79 Å². The third-order valence-electron chi connectivity index (χ3n) is 4.86. The zero-order chi connectivity index (χ0) is 14.7. The second kappa shape index (κ2) is 6.56. The molecule has 1 saturated carbocycles. The molecule has 0 atom stereocenters. The molecule has 1 aromatic rings. The number of aryl methyl sites for hydroxylation is 1. The predicted molar refractivity (Wildman–Crippen MR) is 84.1 cm³/mol. The highest BCUT2D eigenvalue weighted by molar-refractivity contribution is 5.91. The number of anilines is 1. The molecule has 21 heavy (non-hydrogen) atoms. The Morgan fingerprint density at radius 2 is 2.05 bits per heavy atom. The molecule has 1 aliphatic heterocycles. The fourth-order valence-corrected chi connectivity index (χ4v) is 3.19. The minimum absolute atomic E-state index is 0.134. The predicted octanol–water partition coefficient (Wildman–Crippen LogP) is 2.84. The summed E-state index contributed by atoms with van der Waals surface area (Å²) in [6.45, 7) is 5.37. The second-order valence-electron chi connectivity index (χ2n) is 6.58. The van der Waals surface area contributed by atoms with E-state index in [1.54, 1.807) is 6.20 Å². The third-order valence-corrected chi connectivity index (χ3v) is 4.86. The molecule has 2 heterocycles. The lowest BCUT2D eigenvalue weighted by molar-refractivity contribution is -0.121. The van der Waals surface area contributed by atoms with Crippen molar-refractivity contribution in [2.24, 2.45) is 11.8 Å². The van der Waals surface area contributed by atoms with E-state index in [0.29, 0.717) is 5.82 Å². The molecule has 1 amide bonds. The van der Waals surface area contributed by atoms with E-state index >= 15 is 0 Å². The van der Waals surface area contributed by atoms with E-state index < -0.39 is 0 Å². The number of carbonyl (C=O) groups excluding carboxylic acids is 1. The van der Waals surface area contributed by atoms with Crippen molar-refractivity contribution >= 4 is 11.7 Å². The first-order valence-corrected chi connectivity index (χ1v) is 8.16. The zero-order valence-electron chi connectivity index (χ0n) is 12.8. The molecular weight excluding hydrogens is 262 g/mol. The minimum atomic E-state index is 0.134. The highest BCUT2D eigenvalue weighted by atomic mass is 16.1. The summed E-state index contributed by atoms with van der Waals surface area (Å²) in [7, 11) is 0. The van der Waals surface area contributed by atoms with Gasteiger partial charge in [-0.15, -0.1) is 0 Å². The van der Waals surface area contributed by atoms with Gasteiger partial charge in [-0.3, -0.25) is 4.79 Å². The van der Waals surface area contributed by atoms with Crippen molar-refractivity contribution in [3.05, 3.63) is 23.9 Å². The van der Waals surface area contributed by atoms with Crippen LogP contribution in [0.1, 0.15) is 37.7 Å². The number of hydrogen-bond acceptors (Lipinski definition) is 3. The lowest BCUT2D eigenvalue weighted by Gasteiger charge is -2.36. The molecule has 0 unspecified atom stereocenters. The first kappa shape index (κ1) is 14.5. The van der Waals surface area contributed by atoms with Gasteiger partial charge in [0.2, 0.25) is 5.91 Å². The van der Waals surface area contributed by atoms with Gasteiger partial charge < -0.3 is 10.2 Å². The van der Waals surface area contributed by atoms with Gasteiger partial charge in [0.1, 0.15) is 5.82 Å². The number of aromatic nitrogens is 1. The van der Waals surface area contributed by atoms with E-state index in [0.717, 1.165) is 37.4 Å². The third kappa shape index (κ3) is 3.82. The summed E-state index contributed by atoms with van der Waals surface area (Å²) in [6.07, 6.45) is 7.96. The largest absolute Gasteiger partial charge is 0.310 e. The number of likely N-dealkylation sites (tertiary alicyclic amines) is 1. The van der Waals surface area contributed by atoms with Crippen LogP contribution in [0.5, 0.6) is 0 Å². The Hall–Kier alpha value is -1.42.